The summed E-state index contributed by atoms with van der Waals surface area (Å²) in [6, 6.07) is -0.0275. The zero-order valence-corrected chi connectivity index (χ0v) is 15.0. The van der Waals surface area contributed by atoms with Gasteiger partial charge in [-0.1, -0.05) is 19.3 Å². The van der Waals surface area contributed by atoms with Gasteiger partial charge in [-0.3, -0.25) is 4.79 Å². The maximum absolute atomic E-state index is 12.6. The van der Waals surface area contributed by atoms with Gasteiger partial charge in [-0.05, 0) is 31.7 Å². The summed E-state index contributed by atoms with van der Waals surface area (Å²) in [5.41, 5.74) is 6.00. The minimum atomic E-state index is -0.0275. The quantitative estimate of drug-likeness (QED) is 0.811. The Labute approximate surface area is 145 Å². The van der Waals surface area contributed by atoms with Gasteiger partial charge in [0.15, 0.2) is 0 Å². The Morgan fingerprint density at radius 1 is 1.04 bits per heavy atom. The van der Waals surface area contributed by atoms with E-state index in [-0.39, 0.29) is 29.8 Å². The number of rotatable bonds is 4. The van der Waals surface area contributed by atoms with Gasteiger partial charge >= 0.3 is 6.03 Å². The molecule has 2 aliphatic rings. The second-order valence-electron chi connectivity index (χ2n) is 6.64. The fraction of sp³-hybridized carbons (Fsp3) is 0.875. The van der Waals surface area contributed by atoms with E-state index in [4.69, 9.17) is 5.73 Å². The summed E-state index contributed by atoms with van der Waals surface area (Å²) in [6.45, 7) is 5.66. The van der Waals surface area contributed by atoms with Gasteiger partial charge in [0.25, 0.3) is 0 Å². The average Bonchev–Trinajstić information content (AvgIpc) is 2.56. The summed E-state index contributed by atoms with van der Waals surface area (Å²) in [6.07, 6.45) is 6.37. The monoisotopic (exact) mass is 346 g/mol. The molecule has 3 N–H and O–H groups in total. The summed E-state index contributed by atoms with van der Waals surface area (Å²) in [7, 11) is 0. The number of halogens is 1. The van der Waals surface area contributed by atoms with Crippen LogP contribution < -0.4 is 11.1 Å². The molecule has 3 amide bonds. The van der Waals surface area contributed by atoms with E-state index in [0.717, 1.165) is 12.8 Å². The molecule has 1 aliphatic heterocycles. The molecule has 0 bridgehead atoms. The number of nitrogens with two attached hydrogens (primary N) is 1. The Bertz CT molecular complexity index is 392. The van der Waals surface area contributed by atoms with Crippen molar-refractivity contribution in [1.29, 1.82) is 0 Å². The molecule has 1 saturated carbocycles. The number of carbonyl (C=O) groups excluding carboxylic acids is 2. The van der Waals surface area contributed by atoms with Crippen LogP contribution in [0, 0.1) is 5.41 Å². The molecule has 0 atom stereocenters. The number of hydrogen-bond donors (Lipinski definition) is 2. The molecule has 0 spiro atoms. The van der Waals surface area contributed by atoms with Gasteiger partial charge in [-0.25, -0.2) is 4.79 Å². The van der Waals surface area contributed by atoms with Crippen LogP contribution in [0.25, 0.3) is 0 Å². The molecule has 0 aromatic rings. The molecule has 0 aromatic carbocycles. The zero-order valence-electron chi connectivity index (χ0n) is 14.2. The van der Waals surface area contributed by atoms with Crippen LogP contribution in [0.1, 0.15) is 45.4 Å². The lowest BCUT2D eigenvalue weighted by atomic mass is 9.71. The van der Waals surface area contributed by atoms with Crippen molar-refractivity contribution in [3.8, 4) is 0 Å². The van der Waals surface area contributed by atoms with Crippen molar-refractivity contribution in [1.82, 2.24) is 15.1 Å². The first-order chi connectivity index (χ1) is 10.6. The molecular formula is C16H31ClN4O2. The van der Waals surface area contributed by atoms with E-state index < -0.39 is 0 Å². The Morgan fingerprint density at radius 3 is 2.13 bits per heavy atom. The summed E-state index contributed by atoms with van der Waals surface area (Å²) in [5, 5.41) is 2.81. The first-order valence-electron chi connectivity index (χ1n) is 8.61. The van der Waals surface area contributed by atoms with Crippen molar-refractivity contribution in [3.63, 3.8) is 0 Å². The smallest absolute Gasteiger partial charge is 0.317 e. The van der Waals surface area contributed by atoms with Gasteiger partial charge in [0.05, 0.1) is 0 Å². The first-order valence-corrected chi connectivity index (χ1v) is 8.61. The highest BCUT2D eigenvalue weighted by molar-refractivity contribution is 5.85. The van der Waals surface area contributed by atoms with E-state index in [1.54, 1.807) is 4.90 Å². The van der Waals surface area contributed by atoms with Crippen LogP contribution in [0.4, 0.5) is 4.79 Å². The van der Waals surface area contributed by atoms with Crippen LogP contribution in [-0.4, -0.2) is 61.0 Å². The van der Waals surface area contributed by atoms with E-state index in [1.807, 2.05) is 11.8 Å². The minimum absolute atomic E-state index is 0. The maximum atomic E-state index is 12.6. The maximum Gasteiger partial charge on any atom is 0.317 e. The van der Waals surface area contributed by atoms with Gasteiger partial charge in [0.1, 0.15) is 0 Å². The van der Waals surface area contributed by atoms with Crippen LogP contribution in [0.2, 0.25) is 0 Å². The van der Waals surface area contributed by atoms with Gasteiger partial charge in [-0.15, -0.1) is 12.4 Å². The fourth-order valence-corrected chi connectivity index (χ4v) is 3.61. The van der Waals surface area contributed by atoms with E-state index in [1.165, 1.54) is 19.3 Å². The topological polar surface area (TPSA) is 78.7 Å². The first kappa shape index (κ1) is 20.0. The minimum Gasteiger partial charge on any atom is -0.339 e. The van der Waals surface area contributed by atoms with Crippen LogP contribution in [0.3, 0.4) is 0 Å². The highest BCUT2D eigenvalue weighted by Crippen LogP contribution is 2.38. The molecule has 6 nitrogen and oxygen atoms in total. The van der Waals surface area contributed by atoms with Gasteiger partial charge in [0.2, 0.25) is 5.91 Å². The third-order valence-corrected chi connectivity index (χ3v) is 5.12. The molecule has 0 aromatic heterocycles. The molecule has 1 aliphatic carbocycles. The summed E-state index contributed by atoms with van der Waals surface area (Å²) >= 11 is 0. The Morgan fingerprint density at radius 2 is 1.61 bits per heavy atom. The number of amides is 3. The number of carbonyl (C=O) groups is 2. The van der Waals surface area contributed by atoms with Crippen LogP contribution >= 0.6 is 12.4 Å². The summed E-state index contributed by atoms with van der Waals surface area (Å²) in [5.74, 6) is 0.211. The van der Waals surface area contributed by atoms with E-state index in [2.05, 4.69) is 5.32 Å². The van der Waals surface area contributed by atoms with E-state index in [9.17, 15) is 9.59 Å². The summed E-state index contributed by atoms with van der Waals surface area (Å²) in [4.78, 5) is 28.1. The van der Waals surface area contributed by atoms with Crippen molar-refractivity contribution in [2.45, 2.75) is 45.4 Å². The fourth-order valence-electron chi connectivity index (χ4n) is 3.61. The lowest BCUT2D eigenvalue weighted by Gasteiger charge is -2.39. The molecular weight excluding hydrogens is 316 g/mol. The molecule has 2 fully saturated rings. The lowest BCUT2D eigenvalue weighted by molar-refractivity contribution is -0.135. The SMILES string of the molecule is CCNC(=O)N1CCN(C(=O)CC2(CN)CCCCC2)CC1.Cl. The van der Waals surface area contributed by atoms with Gasteiger partial charge in [0, 0.05) is 39.1 Å². The van der Waals surface area contributed by atoms with Crippen molar-refractivity contribution in [3.05, 3.63) is 0 Å². The van der Waals surface area contributed by atoms with Crippen LogP contribution in [0.15, 0.2) is 0 Å². The predicted octanol–water partition coefficient (Wildman–Crippen LogP) is 1.58. The highest BCUT2D eigenvalue weighted by atomic mass is 35.5. The number of urea groups is 1. The number of hydrogen-bond acceptors (Lipinski definition) is 3. The zero-order chi connectivity index (χ0) is 16.0. The molecule has 1 heterocycles. The molecule has 1 saturated heterocycles. The van der Waals surface area contributed by atoms with Gasteiger partial charge in [-0.2, -0.15) is 0 Å². The van der Waals surface area contributed by atoms with Crippen molar-refractivity contribution < 1.29 is 9.59 Å². The van der Waals surface area contributed by atoms with Gasteiger partial charge < -0.3 is 20.9 Å². The largest absolute Gasteiger partial charge is 0.339 e. The Hall–Kier alpha value is -1.01. The van der Waals surface area contributed by atoms with E-state index in [0.29, 0.717) is 45.7 Å². The predicted molar refractivity (Wildman–Crippen MR) is 93.7 cm³/mol. The number of nitrogens with zero attached hydrogens (tertiary/aromatic N) is 2. The lowest BCUT2D eigenvalue weighted by Crippen LogP contribution is -2.54. The number of piperazine rings is 1. The van der Waals surface area contributed by atoms with Crippen molar-refractivity contribution in [2.24, 2.45) is 11.1 Å². The summed E-state index contributed by atoms with van der Waals surface area (Å²) < 4.78 is 0. The normalized spacial score (nSPS) is 20.6. The molecule has 0 unspecified atom stereocenters. The second kappa shape index (κ2) is 9.33. The molecule has 23 heavy (non-hydrogen) atoms. The second-order valence-corrected chi connectivity index (χ2v) is 6.64. The van der Waals surface area contributed by atoms with Crippen LogP contribution in [0.5, 0.6) is 0 Å². The average molecular weight is 347 g/mol. The van der Waals surface area contributed by atoms with E-state index >= 15 is 0 Å². The highest BCUT2D eigenvalue weighted by Gasteiger charge is 2.35. The Balaban J connectivity index is 0.00000264. The third-order valence-electron chi connectivity index (χ3n) is 5.12. The molecule has 0 radical (unpaired) electrons. The number of nitrogens with one attached hydrogen (secondary N) is 1. The standard InChI is InChI=1S/C16H30N4O2.ClH/c1-2-18-15(22)20-10-8-19(9-11-20)14(21)12-16(13-17)6-4-3-5-7-16;/h2-13,17H2,1H3,(H,18,22);1H. The van der Waals surface area contributed by atoms with Crippen LogP contribution in [-0.2, 0) is 4.79 Å². The molecule has 134 valence electrons. The van der Waals surface area contributed by atoms with Crippen molar-refractivity contribution >= 4 is 24.3 Å². The molecule has 2 rings (SSSR count). The molecule has 7 heteroatoms. The third kappa shape index (κ3) is 5.24. The van der Waals surface area contributed by atoms with Crippen molar-refractivity contribution in [2.75, 3.05) is 39.3 Å². The Kier molecular flexibility index (Phi) is 8.12.